The van der Waals surface area contributed by atoms with Gasteiger partial charge in [0, 0.05) is 15.7 Å². The number of hydrogen-bond acceptors (Lipinski definition) is 5. The number of carbonyl (C=O) groups excluding carboxylic acids is 1. The van der Waals surface area contributed by atoms with Crippen molar-refractivity contribution in [2.24, 2.45) is 0 Å². The van der Waals surface area contributed by atoms with Crippen LogP contribution in [0.5, 0.6) is 0 Å². The van der Waals surface area contributed by atoms with E-state index in [2.05, 4.69) is 31.4 Å². The summed E-state index contributed by atoms with van der Waals surface area (Å²) >= 11 is 3.44. The lowest BCUT2D eigenvalue weighted by molar-refractivity contribution is -0.121. The minimum Gasteiger partial charge on any atom is -0.338 e. The molecule has 3 aromatic rings. The van der Waals surface area contributed by atoms with Gasteiger partial charge in [0.25, 0.3) is 0 Å². The van der Waals surface area contributed by atoms with Crippen molar-refractivity contribution in [1.82, 2.24) is 15.0 Å². The Morgan fingerprint density at radius 3 is 2.68 bits per heavy atom. The van der Waals surface area contributed by atoms with Crippen molar-refractivity contribution in [3.8, 4) is 11.4 Å². The summed E-state index contributed by atoms with van der Waals surface area (Å²) in [6.07, 6.45) is 0. The van der Waals surface area contributed by atoms with Gasteiger partial charge in [-0.25, -0.2) is 0 Å². The molecular formula is C21H23BrN4O2. The van der Waals surface area contributed by atoms with Crippen molar-refractivity contribution < 1.29 is 9.32 Å². The van der Waals surface area contributed by atoms with Crippen LogP contribution in [-0.4, -0.2) is 33.5 Å². The second-order valence-corrected chi connectivity index (χ2v) is 7.53. The molecule has 0 radical (unpaired) electrons. The van der Waals surface area contributed by atoms with Crippen LogP contribution < -0.4 is 5.32 Å². The summed E-state index contributed by atoms with van der Waals surface area (Å²) in [5.74, 6) is 0.938. The Hall–Kier alpha value is -2.51. The van der Waals surface area contributed by atoms with Crippen LogP contribution in [0.3, 0.4) is 0 Å². The fourth-order valence-electron chi connectivity index (χ4n) is 2.81. The number of halogens is 1. The van der Waals surface area contributed by atoms with Crippen LogP contribution in [0.4, 0.5) is 5.69 Å². The highest BCUT2D eigenvalue weighted by molar-refractivity contribution is 9.10. The molecule has 0 saturated carbocycles. The Morgan fingerprint density at radius 2 is 2.00 bits per heavy atom. The molecule has 0 bridgehead atoms. The predicted molar refractivity (Wildman–Crippen MR) is 113 cm³/mol. The molecule has 146 valence electrons. The van der Waals surface area contributed by atoms with Gasteiger partial charge in [-0.2, -0.15) is 4.98 Å². The lowest BCUT2D eigenvalue weighted by atomic mass is 10.2. The maximum absolute atomic E-state index is 12.6. The second kappa shape index (κ2) is 9.12. The number of rotatable bonds is 7. The van der Waals surface area contributed by atoms with Gasteiger partial charge in [-0.3, -0.25) is 9.69 Å². The quantitative estimate of drug-likeness (QED) is 0.575. The van der Waals surface area contributed by atoms with Gasteiger partial charge in [0.15, 0.2) is 0 Å². The van der Waals surface area contributed by atoms with E-state index in [0.717, 1.165) is 21.3 Å². The first kappa shape index (κ1) is 20.2. The smallest absolute Gasteiger partial charge is 0.241 e. The standard InChI is InChI=1S/C21H23BrN4O2/c1-4-26(15(3)21(27)23-18-10-8-14(2)9-11-18)13-19-24-20(25-28-19)16-6-5-7-17(22)12-16/h5-12,15H,4,13H2,1-3H3,(H,23,27). The molecule has 1 aromatic heterocycles. The van der Waals surface area contributed by atoms with Crippen molar-refractivity contribution in [1.29, 1.82) is 0 Å². The van der Waals surface area contributed by atoms with Gasteiger partial charge >= 0.3 is 0 Å². The molecule has 0 aliphatic rings. The van der Waals surface area contributed by atoms with Crippen LogP contribution in [-0.2, 0) is 11.3 Å². The fraction of sp³-hybridized carbons (Fsp3) is 0.286. The molecule has 3 rings (SSSR count). The molecule has 1 amide bonds. The number of carbonyl (C=O) groups is 1. The molecule has 0 saturated heterocycles. The number of benzene rings is 2. The minimum absolute atomic E-state index is 0.0718. The molecule has 2 aromatic carbocycles. The first-order valence-corrected chi connectivity index (χ1v) is 9.95. The van der Waals surface area contributed by atoms with Gasteiger partial charge in [0.1, 0.15) is 0 Å². The molecule has 0 fully saturated rings. The molecule has 1 atom stereocenters. The van der Waals surface area contributed by atoms with Gasteiger partial charge in [-0.1, -0.05) is 57.8 Å². The SMILES string of the molecule is CCN(Cc1nc(-c2cccc(Br)c2)no1)C(C)C(=O)Nc1ccc(C)cc1. The van der Waals surface area contributed by atoms with Crippen LogP contribution in [0.1, 0.15) is 25.3 Å². The molecule has 1 heterocycles. The average molecular weight is 443 g/mol. The van der Waals surface area contributed by atoms with E-state index >= 15 is 0 Å². The zero-order valence-electron chi connectivity index (χ0n) is 16.1. The predicted octanol–water partition coefficient (Wildman–Crippen LogP) is 4.66. The Labute approximate surface area is 173 Å². The van der Waals surface area contributed by atoms with Gasteiger partial charge in [0.2, 0.25) is 17.6 Å². The van der Waals surface area contributed by atoms with E-state index in [1.54, 1.807) is 0 Å². The zero-order chi connectivity index (χ0) is 20.1. The lowest BCUT2D eigenvalue weighted by Crippen LogP contribution is -2.41. The number of hydrogen-bond donors (Lipinski definition) is 1. The summed E-state index contributed by atoms with van der Waals surface area (Å²) < 4.78 is 6.35. The number of nitrogens with zero attached hydrogens (tertiary/aromatic N) is 3. The van der Waals surface area contributed by atoms with Crippen LogP contribution >= 0.6 is 15.9 Å². The highest BCUT2D eigenvalue weighted by atomic mass is 79.9. The molecule has 0 spiro atoms. The average Bonchev–Trinajstić information content (AvgIpc) is 3.16. The molecular weight excluding hydrogens is 420 g/mol. The third-order valence-electron chi connectivity index (χ3n) is 4.54. The van der Waals surface area contributed by atoms with Crippen LogP contribution in [0, 0.1) is 6.92 Å². The highest BCUT2D eigenvalue weighted by Gasteiger charge is 2.22. The molecule has 0 aliphatic carbocycles. The summed E-state index contributed by atoms with van der Waals surface area (Å²) in [5.41, 5.74) is 2.81. The third kappa shape index (κ3) is 5.05. The van der Waals surface area contributed by atoms with Gasteiger partial charge < -0.3 is 9.84 Å². The van der Waals surface area contributed by atoms with E-state index < -0.39 is 0 Å². The van der Waals surface area contributed by atoms with Crippen molar-refractivity contribution in [2.75, 3.05) is 11.9 Å². The van der Waals surface area contributed by atoms with Crippen molar-refractivity contribution in [3.63, 3.8) is 0 Å². The topological polar surface area (TPSA) is 71.3 Å². The van der Waals surface area contributed by atoms with Crippen molar-refractivity contribution in [3.05, 3.63) is 64.5 Å². The van der Waals surface area contributed by atoms with Crippen LogP contribution in [0.15, 0.2) is 57.5 Å². The largest absolute Gasteiger partial charge is 0.338 e. The Balaban J connectivity index is 1.66. The number of aromatic nitrogens is 2. The molecule has 6 nitrogen and oxygen atoms in total. The van der Waals surface area contributed by atoms with Crippen LogP contribution in [0.25, 0.3) is 11.4 Å². The number of nitrogens with one attached hydrogen (secondary N) is 1. The summed E-state index contributed by atoms with van der Waals surface area (Å²) in [7, 11) is 0. The van der Waals surface area contributed by atoms with Crippen molar-refractivity contribution >= 4 is 27.5 Å². The lowest BCUT2D eigenvalue weighted by Gasteiger charge is -2.25. The summed E-state index contributed by atoms with van der Waals surface area (Å²) in [5, 5.41) is 7.02. The van der Waals surface area contributed by atoms with E-state index in [9.17, 15) is 4.79 Å². The first-order valence-electron chi connectivity index (χ1n) is 9.16. The number of likely N-dealkylation sites (N-methyl/N-ethyl adjacent to an activating group) is 1. The van der Waals surface area contributed by atoms with Crippen LogP contribution in [0.2, 0.25) is 0 Å². The molecule has 1 N–H and O–H groups in total. The van der Waals surface area contributed by atoms with E-state index in [0.29, 0.717) is 24.8 Å². The summed E-state index contributed by atoms with van der Waals surface area (Å²) in [6.45, 7) is 6.97. The molecule has 28 heavy (non-hydrogen) atoms. The number of amides is 1. The fourth-order valence-corrected chi connectivity index (χ4v) is 3.21. The minimum atomic E-state index is -0.340. The Bertz CT molecular complexity index is 940. The van der Waals surface area contributed by atoms with Crippen molar-refractivity contribution in [2.45, 2.75) is 33.4 Å². The highest BCUT2D eigenvalue weighted by Crippen LogP contribution is 2.21. The maximum atomic E-state index is 12.6. The molecule has 1 unspecified atom stereocenters. The number of aryl methyl sites for hydroxylation is 1. The number of anilines is 1. The summed E-state index contributed by atoms with van der Waals surface area (Å²) in [6, 6.07) is 15.1. The Kier molecular flexibility index (Phi) is 6.59. The van der Waals surface area contributed by atoms with Gasteiger partial charge in [-0.15, -0.1) is 0 Å². The normalized spacial score (nSPS) is 12.2. The van der Waals surface area contributed by atoms with E-state index in [-0.39, 0.29) is 11.9 Å². The Morgan fingerprint density at radius 1 is 1.25 bits per heavy atom. The second-order valence-electron chi connectivity index (χ2n) is 6.62. The molecule has 0 aliphatic heterocycles. The first-order chi connectivity index (χ1) is 13.5. The van der Waals surface area contributed by atoms with Gasteiger partial charge in [-0.05, 0) is 44.7 Å². The van der Waals surface area contributed by atoms with E-state index in [1.807, 2.05) is 74.2 Å². The van der Waals surface area contributed by atoms with Gasteiger partial charge in [0.05, 0.1) is 12.6 Å². The maximum Gasteiger partial charge on any atom is 0.241 e. The monoisotopic (exact) mass is 442 g/mol. The third-order valence-corrected chi connectivity index (χ3v) is 5.03. The van der Waals surface area contributed by atoms with E-state index in [4.69, 9.17) is 4.52 Å². The summed E-state index contributed by atoms with van der Waals surface area (Å²) in [4.78, 5) is 19.1. The molecule has 7 heteroatoms. The zero-order valence-corrected chi connectivity index (χ0v) is 17.7. The van der Waals surface area contributed by atoms with E-state index in [1.165, 1.54) is 0 Å².